The number of likely N-dealkylation sites (N-methyl/N-ethyl adjacent to an activating group) is 1. The van der Waals surface area contributed by atoms with Gasteiger partial charge in [0.15, 0.2) is 9.84 Å². The molecule has 0 aliphatic carbocycles. The summed E-state index contributed by atoms with van der Waals surface area (Å²) in [5, 5.41) is -0.967. The molecule has 0 spiro atoms. The van der Waals surface area contributed by atoms with Crippen LogP contribution in [0.5, 0.6) is 0 Å². The highest BCUT2D eigenvalue weighted by molar-refractivity contribution is 7.92. The van der Waals surface area contributed by atoms with E-state index >= 15 is 0 Å². The molecule has 2 aliphatic heterocycles. The number of likely N-dealkylation sites (tertiary alicyclic amines) is 1. The first-order valence-corrected chi connectivity index (χ1v) is 9.13. The third-order valence-electron chi connectivity index (χ3n) is 4.39. The zero-order valence-electron chi connectivity index (χ0n) is 12.4. The molecule has 7 heteroatoms. The van der Waals surface area contributed by atoms with Crippen LogP contribution in [0.2, 0.25) is 0 Å². The molecule has 20 heavy (non-hydrogen) atoms. The molecule has 3 unspecified atom stereocenters. The summed E-state index contributed by atoms with van der Waals surface area (Å²) in [6.07, 6.45) is 1.97. The van der Waals surface area contributed by atoms with Gasteiger partial charge in [0.25, 0.3) is 0 Å². The molecule has 6 nitrogen and oxygen atoms in total. The molecular formula is C13H24N2O4S. The van der Waals surface area contributed by atoms with Crippen LogP contribution >= 0.6 is 0 Å². The van der Waals surface area contributed by atoms with E-state index in [1.54, 1.807) is 4.90 Å². The number of ether oxygens (including phenoxy) is 1. The zero-order valence-corrected chi connectivity index (χ0v) is 13.2. The second-order valence-electron chi connectivity index (χ2n) is 5.66. The number of morpholine rings is 1. The molecule has 0 aromatic carbocycles. The molecule has 2 aliphatic rings. The molecule has 2 saturated heterocycles. The molecule has 2 rings (SSSR count). The van der Waals surface area contributed by atoms with Crippen molar-refractivity contribution >= 4 is 15.7 Å². The van der Waals surface area contributed by atoms with Gasteiger partial charge in [-0.1, -0.05) is 6.92 Å². The van der Waals surface area contributed by atoms with Gasteiger partial charge < -0.3 is 14.5 Å². The molecule has 0 aromatic rings. The Morgan fingerprint density at radius 2 is 2.10 bits per heavy atom. The molecule has 0 radical (unpaired) electrons. The molecule has 1 amide bonds. The van der Waals surface area contributed by atoms with Gasteiger partial charge in [-0.2, -0.15) is 0 Å². The number of nitrogens with zero attached hydrogens (tertiary/aromatic N) is 2. The van der Waals surface area contributed by atoms with E-state index in [1.165, 1.54) is 6.92 Å². The first-order valence-electron chi connectivity index (χ1n) is 7.18. The largest absolute Gasteiger partial charge is 0.373 e. The number of hydrogen-bond acceptors (Lipinski definition) is 5. The van der Waals surface area contributed by atoms with E-state index in [9.17, 15) is 13.2 Å². The third-order valence-corrected chi connectivity index (χ3v) is 5.88. The molecule has 0 aromatic heterocycles. The fourth-order valence-electron chi connectivity index (χ4n) is 2.93. The number of carbonyl (C=O) groups is 1. The number of piperidine rings is 1. The summed E-state index contributed by atoms with van der Waals surface area (Å²) in [5.41, 5.74) is 0. The second-order valence-corrected chi connectivity index (χ2v) is 8.03. The lowest BCUT2D eigenvalue weighted by Crippen LogP contribution is -2.62. The average Bonchev–Trinajstić information content (AvgIpc) is 2.43. The summed E-state index contributed by atoms with van der Waals surface area (Å²) in [7, 11) is -3.35. The first-order chi connectivity index (χ1) is 9.34. The van der Waals surface area contributed by atoms with Gasteiger partial charge in [-0.3, -0.25) is 4.79 Å². The van der Waals surface area contributed by atoms with Gasteiger partial charge in [-0.05, 0) is 19.9 Å². The van der Waals surface area contributed by atoms with Crippen LogP contribution in [-0.4, -0.2) is 80.6 Å². The molecule has 0 saturated carbocycles. The number of sulfone groups is 1. The Labute approximate surface area is 121 Å². The average molecular weight is 304 g/mol. The SMILES string of the molecule is CCN1CCC2C(C1)OCCN2C(=O)C(C)S(C)(=O)=O. The number of amides is 1. The van der Waals surface area contributed by atoms with E-state index in [4.69, 9.17) is 4.74 Å². The van der Waals surface area contributed by atoms with Crippen molar-refractivity contribution in [3.05, 3.63) is 0 Å². The lowest BCUT2D eigenvalue weighted by molar-refractivity contribution is -0.151. The van der Waals surface area contributed by atoms with Gasteiger partial charge in [0.1, 0.15) is 5.25 Å². The van der Waals surface area contributed by atoms with Gasteiger partial charge >= 0.3 is 0 Å². The van der Waals surface area contributed by atoms with Crippen LogP contribution < -0.4 is 0 Å². The highest BCUT2D eigenvalue weighted by atomic mass is 32.2. The van der Waals surface area contributed by atoms with E-state index < -0.39 is 15.1 Å². The second kappa shape index (κ2) is 5.99. The Kier molecular flexibility index (Phi) is 4.71. The minimum Gasteiger partial charge on any atom is -0.373 e. The van der Waals surface area contributed by atoms with Crippen LogP contribution in [0.15, 0.2) is 0 Å². The number of rotatable bonds is 3. The van der Waals surface area contributed by atoms with Crippen molar-refractivity contribution in [2.45, 2.75) is 37.7 Å². The Hall–Kier alpha value is -0.660. The van der Waals surface area contributed by atoms with Crippen LogP contribution in [0.4, 0.5) is 0 Å². The van der Waals surface area contributed by atoms with Crippen LogP contribution in [0, 0.1) is 0 Å². The Morgan fingerprint density at radius 1 is 1.40 bits per heavy atom. The fraction of sp³-hybridized carbons (Fsp3) is 0.923. The van der Waals surface area contributed by atoms with E-state index in [1.807, 2.05) is 0 Å². The van der Waals surface area contributed by atoms with Crippen molar-refractivity contribution < 1.29 is 17.9 Å². The quantitative estimate of drug-likeness (QED) is 0.719. The number of hydrogen-bond donors (Lipinski definition) is 0. The minimum atomic E-state index is -3.35. The van der Waals surface area contributed by atoms with Gasteiger partial charge in [0.05, 0.1) is 18.8 Å². The topological polar surface area (TPSA) is 66.9 Å². The Morgan fingerprint density at radius 3 is 2.70 bits per heavy atom. The van der Waals surface area contributed by atoms with E-state index in [0.717, 1.165) is 32.3 Å². The third kappa shape index (κ3) is 3.15. The lowest BCUT2D eigenvalue weighted by Gasteiger charge is -2.47. The predicted molar refractivity (Wildman–Crippen MR) is 76.3 cm³/mol. The maximum Gasteiger partial charge on any atom is 0.241 e. The van der Waals surface area contributed by atoms with Gasteiger partial charge in [0.2, 0.25) is 5.91 Å². The highest BCUT2D eigenvalue weighted by Crippen LogP contribution is 2.24. The van der Waals surface area contributed by atoms with E-state index in [-0.39, 0.29) is 18.1 Å². The standard InChI is InChI=1S/C13H24N2O4S/c1-4-14-6-5-11-12(9-14)19-8-7-15(11)13(16)10(2)20(3,17)18/h10-12H,4-9H2,1-3H3. The minimum absolute atomic E-state index is 0.00756. The monoisotopic (exact) mass is 304 g/mol. The van der Waals surface area contributed by atoms with Crippen molar-refractivity contribution in [1.29, 1.82) is 0 Å². The van der Waals surface area contributed by atoms with Gasteiger partial charge in [-0.15, -0.1) is 0 Å². The predicted octanol–water partition coefficient (Wildman–Crippen LogP) is -0.259. The molecule has 0 bridgehead atoms. The van der Waals surface area contributed by atoms with Crippen LogP contribution in [0.1, 0.15) is 20.3 Å². The maximum atomic E-state index is 12.4. The lowest BCUT2D eigenvalue weighted by atomic mass is 9.98. The Balaban J connectivity index is 2.11. The highest BCUT2D eigenvalue weighted by Gasteiger charge is 2.41. The summed E-state index contributed by atoms with van der Waals surface area (Å²) in [6.45, 7) is 7.28. The molecule has 2 fully saturated rings. The fourth-order valence-corrected chi connectivity index (χ4v) is 3.44. The normalized spacial score (nSPS) is 29.9. The molecule has 2 heterocycles. The van der Waals surface area contributed by atoms with Gasteiger partial charge in [-0.25, -0.2) is 8.42 Å². The summed E-state index contributed by atoms with van der Waals surface area (Å²) in [6, 6.07) is 0.0169. The number of carbonyl (C=O) groups excluding carboxylic acids is 1. The number of fused-ring (bicyclic) bond motifs is 1. The summed E-state index contributed by atoms with van der Waals surface area (Å²) in [5.74, 6) is -0.282. The molecular weight excluding hydrogens is 280 g/mol. The van der Waals surface area contributed by atoms with Crippen molar-refractivity contribution in [3.63, 3.8) is 0 Å². The Bertz CT molecular complexity index is 465. The van der Waals surface area contributed by atoms with Gasteiger partial charge in [0, 0.05) is 25.9 Å². The summed E-state index contributed by atoms with van der Waals surface area (Å²) < 4.78 is 28.9. The van der Waals surface area contributed by atoms with Crippen LogP contribution in [0.25, 0.3) is 0 Å². The summed E-state index contributed by atoms with van der Waals surface area (Å²) in [4.78, 5) is 16.5. The smallest absolute Gasteiger partial charge is 0.241 e. The maximum absolute atomic E-state index is 12.4. The zero-order chi connectivity index (χ0) is 14.9. The van der Waals surface area contributed by atoms with Crippen molar-refractivity contribution in [2.75, 3.05) is 39.0 Å². The van der Waals surface area contributed by atoms with Crippen molar-refractivity contribution in [1.82, 2.24) is 9.80 Å². The van der Waals surface area contributed by atoms with Crippen molar-refractivity contribution in [2.24, 2.45) is 0 Å². The van der Waals surface area contributed by atoms with Crippen LogP contribution in [-0.2, 0) is 19.4 Å². The van der Waals surface area contributed by atoms with E-state index in [2.05, 4.69) is 11.8 Å². The van der Waals surface area contributed by atoms with Crippen LogP contribution in [0.3, 0.4) is 0 Å². The molecule has 3 atom stereocenters. The first kappa shape index (κ1) is 15.7. The summed E-state index contributed by atoms with van der Waals surface area (Å²) >= 11 is 0. The molecule has 116 valence electrons. The van der Waals surface area contributed by atoms with Crippen molar-refractivity contribution in [3.8, 4) is 0 Å². The van der Waals surface area contributed by atoms with E-state index in [0.29, 0.717) is 13.2 Å². The molecule has 0 N–H and O–H groups in total.